The van der Waals surface area contributed by atoms with Crippen LogP contribution in [0.1, 0.15) is 25.7 Å². The van der Waals surface area contributed by atoms with Crippen molar-refractivity contribution in [2.75, 3.05) is 45.8 Å². The number of piperazine rings is 1. The van der Waals surface area contributed by atoms with Crippen LogP contribution < -0.4 is 5.32 Å². The summed E-state index contributed by atoms with van der Waals surface area (Å²) in [4.78, 5) is 5.34. The first-order valence-corrected chi connectivity index (χ1v) is 7.08. The fourth-order valence-corrected chi connectivity index (χ4v) is 3.04. The van der Waals surface area contributed by atoms with Crippen LogP contribution in [0.3, 0.4) is 0 Å². The molecule has 0 aromatic rings. The lowest BCUT2D eigenvalue weighted by Gasteiger charge is -2.36. The van der Waals surface area contributed by atoms with Gasteiger partial charge in [0.05, 0.1) is 0 Å². The van der Waals surface area contributed by atoms with Crippen molar-refractivity contribution >= 4 is 0 Å². The number of hydrogen-bond donors (Lipinski definition) is 1. The Morgan fingerprint density at radius 2 is 1.56 bits per heavy atom. The van der Waals surface area contributed by atoms with Gasteiger partial charge in [0.2, 0.25) is 0 Å². The Balaban J connectivity index is 1.36. The molecule has 1 N–H and O–H groups in total. The van der Waals surface area contributed by atoms with Gasteiger partial charge < -0.3 is 10.2 Å². The minimum Gasteiger partial charge on any atom is -0.313 e. The van der Waals surface area contributed by atoms with E-state index < -0.39 is 0 Å². The average Bonchev–Trinajstić information content (AvgIpc) is 2.96. The van der Waals surface area contributed by atoms with Crippen molar-refractivity contribution in [2.24, 2.45) is 5.92 Å². The van der Waals surface area contributed by atoms with Crippen molar-refractivity contribution in [1.29, 1.82) is 0 Å². The van der Waals surface area contributed by atoms with Crippen LogP contribution in [0.25, 0.3) is 0 Å². The lowest BCUT2D eigenvalue weighted by molar-refractivity contribution is 0.121. The van der Waals surface area contributed by atoms with Gasteiger partial charge in [0.1, 0.15) is 0 Å². The third kappa shape index (κ3) is 2.96. The number of nitrogens with one attached hydrogen (secondary N) is 1. The van der Waals surface area contributed by atoms with Crippen molar-refractivity contribution in [3.63, 3.8) is 0 Å². The molecule has 0 aromatic carbocycles. The standard InChI is InChI=1S/C13H25N3/c1-2-13(14-5-1)11-16-8-6-15(7-9-16)10-12-3-4-12/h12-14H,1-11H2. The van der Waals surface area contributed by atoms with Crippen molar-refractivity contribution in [2.45, 2.75) is 31.7 Å². The minimum atomic E-state index is 0.787. The molecule has 0 radical (unpaired) electrons. The summed E-state index contributed by atoms with van der Waals surface area (Å²) in [7, 11) is 0. The van der Waals surface area contributed by atoms with Crippen LogP contribution in [-0.2, 0) is 0 Å². The highest BCUT2D eigenvalue weighted by molar-refractivity contribution is 4.83. The molecule has 0 bridgehead atoms. The van der Waals surface area contributed by atoms with E-state index in [9.17, 15) is 0 Å². The number of nitrogens with zero attached hydrogens (tertiary/aromatic N) is 2. The first kappa shape index (κ1) is 11.0. The lowest BCUT2D eigenvalue weighted by atomic mass is 10.2. The predicted molar refractivity (Wildman–Crippen MR) is 66.6 cm³/mol. The second-order valence-corrected chi connectivity index (χ2v) is 5.84. The van der Waals surface area contributed by atoms with Crippen LogP contribution in [0.2, 0.25) is 0 Å². The van der Waals surface area contributed by atoms with E-state index in [1.54, 1.807) is 0 Å². The molecule has 2 saturated heterocycles. The third-order valence-corrected chi connectivity index (χ3v) is 4.32. The molecule has 3 rings (SSSR count). The maximum atomic E-state index is 3.60. The monoisotopic (exact) mass is 223 g/mol. The molecular formula is C13H25N3. The van der Waals surface area contributed by atoms with Crippen LogP contribution in [-0.4, -0.2) is 61.7 Å². The predicted octanol–water partition coefficient (Wildman–Crippen LogP) is 0.766. The Hall–Kier alpha value is -0.120. The SMILES string of the molecule is C1CNC(CN2CCN(CC3CC3)CC2)C1. The molecule has 3 aliphatic rings. The summed E-state index contributed by atoms with van der Waals surface area (Å²) in [5.41, 5.74) is 0. The van der Waals surface area contributed by atoms with Gasteiger partial charge in [0.25, 0.3) is 0 Å². The van der Waals surface area contributed by atoms with E-state index in [-0.39, 0.29) is 0 Å². The largest absolute Gasteiger partial charge is 0.313 e. The van der Waals surface area contributed by atoms with E-state index in [2.05, 4.69) is 15.1 Å². The van der Waals surface area contributed by atoms with Gasteiger partial charge in [-0.25, -0.2) is 0 Å². The molecule has 16 heavy (non-hydrogen) atoms. The fraction of sp³-hybridized carbons (Fsp3) is 1.00. The van der Waals surface area contributed by atoms with E-state index in [1.165, 1.54) is 71.5 Å². The van der Waals surface area contributed by atoms with E-state index >= 15 is 0 Å². The van der Waals surface area contributed by atoms with Crippen molar-refractivity contribution < 1.29 is 0 Å². The van der Waals surface area contributed by atoms with Crippen LogP contribution >= 0.6 is 0 Å². The van der Waals surface area contributed by atoms with Gasteiger partial charge in [-0.3, -0.25) is 4.90 Å². The highest BCUT2D eigenvalue weighted by Gasteiger charge is 2.27. The van der Waals surface area contributed by atoms with E-state index in [0.717, 1.165) is 12.0 Å². The Bertz CT molecular complexity index is 213. The Morgan fingerprint density at radius 1 is 0.875 bits per heavy atom. The van der Waals surface area contributed by atoms with E-state index in [0.29, 0.717) is 0 Å². The van der Waals surface area contributed by atoms with Gasteiger partial charge in [-0.2, -0.15) is 0 Å². The van der Waals surface area contributed by atoms with Gasteiger partial charge in [-0.05, 0) is 38.1 Å². The Labute approximate surface area is 99.2 Å². The molecule has 0 aromatic heterocycles. The number of hydrogen-bond acceptors (Lipinski definition) is 3. The van der Waals surface area contributed by atoms with E-state index in [4.69, 9.17) is 0 Å². The zero-order valence-electron chi connectivity index (χ0n) is 10.3. The van der Waals surface area contributed by atoms with Crippen molar-refractivity contribution in [1.82, 2.24) is 15.1 Å². The smallest absolute Gasteiger partial charge is 0.0195 e. The first-order chi connectivity index (χ1) is 7.90. The topological polar surface area (TPSA) is 18.5 Å². The summed E-state index contributed by atoms with van der Waals surface area (Å²) in [5, 5.41) is 3.60. The van der Waals surface area contributed by atoms with Crippen LogP contribution in [0, 0.1) is 5.92 Å². The van der Waals surface area contributed by atoms with E-state index in [1.807, 2.05) is 0 Å². The highest BCUT2D eigenvalue weighted by atomic mass is 15.3. The van der Waals surface area contributed by atoms with Crippen LogP contribution in [0.5, 0.6) is 0 Å². The molecule has 3 heteroatoms. The molecule has 2 aliphatic heterocycles. The number of rotatable bonds is 4. The van der Waals surface area contributed by atoms with Gasteiger partial charge in [0.15, 0.2) is 0 Å². The second-order valence-electron chi connectivity index (χ2n) is 5.84. The molecule has 1 atom stereocenters. The molecule has 2 heterocycles. The van der Waals surface area contributed by atoms with Gasteiger partial charge >= 0.3 is 0 Å². The summed E-state index contributed by atoms with van der Waals surface area (Å²) in [6, 6.07) is 0.787. The normalized spacial score (nSPS) is 33.4. The molecule has 3 fully saturated rings. The molecule has 1 saturated carbocycles. The highest BCUT2D eigenvalue weighted by Crippen LogP contribution is 2.29. The van der Waals surface area contributed by atoms with Crippen molar-refractivity contribution in [3.05, 3.63) is 0 Å². The zero-order valence-corrected chi connectivity index (χ0v) is 10.3. The van der Waals surface area contributed by atoms with Gasteiger partial charge in [0, 0.05) is 45.3 Å². The molecule has 3 nitrogen and oxygen atoms in total. The fourth-order valence-electron chi connectivity index (χ4n) is 3.04. The zero-order chi connectivity index (χ0) is 10.8. The summed E-state index contributed by atoms with van der Waals surface area (Å²) in [6.07, 6.45) is 5.76. The second kappa shape index (κ2) is 5.03. The van der Waals surface area contributed by atoms with Crippen molar-refractivity contribution in [3.8, 4) is 0 Å². The van der Waals surface area contributed by atoms with Gasteiger partial charge in [-0.1, -0.05) is 0 Å². The molecule has 0 spiro atoms. The maximum absolute atomic E-state index is 3.60. The quantitative estimate of drug-likeness (QED) is 0.759. The van der Waals surface area contributed by atoms with Crippen LogP contribution in [0.15, 0.2) is 0 Å². The third-order valence-electron chi connectivity index (χ3n) is 4.32. The maximum Gasteiger partial charge on any atom is 0.0195 e. The Morgan fingerprint density at radius 3 is 2.12 bits per heavy atom. The lowest BCUT2D eigenvalue weighted by Crippen LogP contribution is -2.50. The summed E-state index contributed by atoms with van der Waals surface area (Å²) in [5.74, 6) is 1.06. The molecule has 92 valence electrons. The first-order valence-electron chi connectivity index (χ1n) is 7.08. The van der Waals surface area contributed by atoms with Gasteiger partial charge in [-0.15, -0.1) is 0 Å². The summed E-state index contributed by atoms with van der Waals surface area (Å²) < 4.78 is 0. The molecule has 1 aliphatic carbocycles. The van der Waals surface area contributed by atoms with Crippen LogP contribution in [0.4, 0.5) is 0 Å². The summed E-state index contributed by atoms with van der Waals surface area (Å²) >= 11 is 0. The Kier molecular flexibility index (Phi) is 3.46. The summed E-state index contributed by atoms with van der Waals surface area (Å²) in [6.45, 7) is 9.13. The minimum absolute atomic E-state index is 0.787. The average molecular weight is 223 g/mol. The molecular weight excluding hydrogens is 198 g/mol. The molecule has 0 amide bonds. The molecule has 1 unspecified atom stereocenters.